The van der Waals surface area contributed by atoms with E-state index in [2.05, 4.69) is 11.8 Å². The predicted molar refractivity (Wildman–Crippen MR) is 114 cm³/mol. The van der Waals surface area contributed by atoms with Crippen LogP contribution in [0.25, 0.3) is 6.08 Å². The molecule has 5 nitrogen and oxygen atoms in total. The molecule has 3 rings (SSSR count). The molecule has 0 bridgehead atoms. The molecule has 1 unspecified atom stereocenters. The Hall–Kier alpha value is -1.56. The van der Waals surface area contributed by atoms with Gasteiger partial charge in [-0.1, -0.05) is 35.3 Å². The van der Waals surface area contributed by atoms with Gasteiger partial charge in [0.2, 0.25) is 11.8 Å². The minimum Gasteiger partial charge on any atom is -0.339 e. The molecule has 1 aromatic rings. The van der Waals surface area contributed by atoms with Crippen molar-refractivity contribution in [1.82, 2.24) is 14.7 Å². The lowest BCUT2D eigenvalue weighted by Gasteiger charge is -2.37. The zero-order valence-electron chi connectivity index (χ0n) is 16.2. The van der Waals surface area contributed by atoms with Gasteiger partial charge in [0.1, 0.15) is 0 Å². The van der Waals surface area contributed by atoms with Crippen molar-refractivity contribution in [3.63, 3.8) is 0 Å². The second-order valence-corrected chi connectivity index (χ2v) is 8.29. The smallest absolute Gasteiger partial charge is 0.246 e. The van der Waals surface area contributed by atoms with Gasteiger partial charge in [-0.3, -0.25) is 14.5 Å². The highest BCUT2D eigenvalue weighted by molar-refractivity contribution is 6.42. The number of amides is 2. The molecule has 2 fully saturated rings. The topological polar surface area (TPSA) is 43.9 Å². The van der Waals surface area contributed by atoms with Crippen LogP contribution in [0.5, 0.6) is 0 Å². The second kappa shape index (κ2) is 9.77. The summed E-state index contributed by atoms with van der Waals surface area (Å²) >= 11 is 12.2. The third-order valence-corrected chi connectivity index (χ3v) is 6.39. The van der Waals surface area contributed by atoms with Gasteiger partial charge in [0.15, 0.2) is 0 Å². The maximum atomic E-state index is 12.6. The molecular weight excluding hydrogens is 397 g/mol. The van der Waals surface area contributed by atoms with E-state index in [1.54, 1.807) is 23.1 Å². The summed E-state index contributed by atoms with van der Waals surface area (Å²) in [6.45, 7) is 6.11. The molecule has 0 radical (unpaired) electrons. The summed E-state index contributed by atoms with van der Waals surface area (Å²) in [6.07, 6.45) is 6.63. The molecule has 0 saturated carbocycles. The van der Waals surface area contributed by atoms with Crippen molar-refractivity contribution in [2.75, 3.05) is 39.3 Å². The lowest BCUT2D eigenvalue weighted by atomic mass is 10.0. The molecule has 2 saturated heterocycles. The Bertz CT molecular complexity index is 745. The lowest BCUT2D eigenvalue weighted by molar-refractivity contribution is -0.136. The number of piperidine rings is 1. The van der Waals surface area contributed by atoms with Crippen molar-refractivity contribution in [3.05, 3.63) is 39.9 Å². The fourth-order valence-electron chi connectivity index (χ4n) is 3.79. The predicted octanol–water partition coefficient (Wildman–Crippen LogP) is 3.55. The molecule has 2 heterocycles. The minimum atomic E-state index is -0.0494. The number of halogens is 2. The standard InChI is InChI=1S/C21H27Cl2N3O2/c1-16-5-2-3-10-26(16)20(28)15-24-11-13-25(14-12-24)19(27)9-8-17-6-4-7-18(22)21(17)23/h4,6-9,16H,2-3,5,10-15H2,1H3/b9-8+. The van der Waals surface area contributed by atoms with E-state index in [0.717, 1.165) is 24.9 Å². The van der Waals surface area contributed by atoms with Crippen LogP contribution in [0.2, 0.25) is 10.0 Å². The normalized spacial score (nSPS) is 21.3. The van der Waals surface area contributed by atoms with Crippen LogP contribution in [0.4, 0.5) is 0 Å². The van der Waals surface area contributed by atoms with Crippen LogP contribution in [-0.2, 0) is 9.59 Å². The molecule has 2 aliphatic rings. The van der Waals surface area contributed by atoms with Crippen LogP contribution in [-0.4, -0.2) is 71.8 Å². The first-order valence-corrected chi connectivity index (χ1v) is 10.6. The van der Waals surface area contributed by atoms with Crippen LogP contribution >= 0.6 is 23.2 Å². The first-order chi connectivity index (χ1) is 13.5. The van der Waals surface area contributed by atoms with Gasteiger partial charge in [0.05, 0.1) is 16.6 Å². The molecular formula is C21H27Cl2N3O2. The highest BCUT2D eigenvalue weighted by Crippen LogP contribution is 2.26. The monoisotopic (exact) mass is 423 g/mol. The number of piperazine rings is 1. The Morgan fingerprint density at radius 2 is 1.86 bits per heavy atom. The fraction of sp³-hybridized carbons (Fsp3) is 0.524. The molecule has 1 aromatic carbocycles. The van der Waals surface area contributed by atoms with Gasteiger partial charge < -0.3 is 9.80 Å². The van der Waals surface area contributed by atoms with E-state index in [-0.39, 0.29) is 11.8 Å². The Kier molecular flexibility index (Phi) is 7.38. The summed E-state index contributed by atoms with van der Waals surface area (Å²) in [5.74, 6) is 0.161. The minimum absolute atomic E-state index is 0.0494. The number of carbonyl (C=O) groups is 2. The summed E-state index contributed by atoms with van der Waals surface area (Å²) in [7, 11) is 0. The highest BCUT2D eigenvalue weighted by Gasteiger charge is 2.26. The van der Waals surface area contributed by atoms with Gasteiger partial charge in [-0.15, -0.1) is 0 Å². The molecule has 1 atom stereocenters. The Balaban J connectivity index is 1.48. The summed E-state index contributed by atoms with van der Waals surface area (Å²) in [4.78, 5) is 31.0. The van der Waals surface area contributed by atoms with E-state index in [1.165, 1.54) is 12.5 Å². The summed E-state index contributed by atoms with van der Waals surface area (Å²) in [5.41, 5.74) is 0.724. The number of benzene rings is 1. The first kappa shape index (κ1) is 21.2. The summed E-state index contributed by atoms with van der Waals surface area (Å²) in [6, 6.07) is 5.68. The van der Waals surface area contributed by atoms with E-state index >= 15 is 0 Å². The van der Waals surface area contributed by atoms with Crippen molar-refractivity contribution in [2.45, 2.75) is 32.2 Å². The van der Waals surface area contributed by atoms with Gasteiger partial charge in [-0.2, -0.15) is 0 Å². The highest BCUT2D eigenvalue weighted by atomic mass is 35.5. The second-order valence-electron chi connectivity index (χ2n) is 7.51. The number of rotatable bonds is 4. The SMILES string of the molecule is CC1CCCCN1C(=O)CN1CCN(C(=O)/C=C/c2cccc(Cl)c2Cl)CC1. The van der Waals surface area contributed by atoms with Crippen LogP contribution in [0, 0.1) is 0 Å². The molecule has 0 spiro atoms. The number of hydrogen-bond acceptors (Lipinski definition) is 3. The number of carbonyl (C=O) groups excluding carboxylic acids is 2. The maximum Gasteiger partial charge on any atom is 0.246 e. The molecule has 28 heavy (non-hydrogen) atoms. The van der Waals surface area contributed by atoms with Crippen molar-refractivity contribution < 1.29 is 9.59 Å². The molecule has 152 valence electrons. The average molecular weight is 424 g/mol. The van der Waals surface area contributed by atoms with E-state index in [0.29, 0.717) is 48.8 Å². The van der Waals surface area contributed by atoms with Crippen LogP contribution in [0.3, 0.4) is 0 Å². The molecule has 0 N–H and O–H groups in total. The number of likely N-dealkylation sites (tertiary alicyclic amines) is 1. The molecule has 2 aliphatic heterocycles. The van der Waals surface area contributed by atoms with Gasteiger partial charge in [-0.05, 0) is 43.9 Å². The number of hydrogen-bond donors (Lipinski definition) is 0. The zero-order valence-corrected chi connectivity index (χ0v) is 17.8. The third-order valence-electron chi connectivity index (χ3n) is 5.55. The van der Waals surface area contributed by atoms with Crippen molar-refractivity contribution in [1.29, 1.82) is 0 Å². The van der Waals surface area contributed by atoms with E-state index in [1.807, 2.05) is 11.0 Å². The number of nitrogens with zero attached hydrogens (tertiary/aromatic N) is 3. The molecule has 0 aromatic heterocycles. The van der Waals surface area contributed by atoms with Crippen LogP contribution in [0.1, 0.15) is 31.7 Å². The van der Waals surface area contributed by atoms with Gasteiger partial charge in [-0.25, -0.2) is 0 Å². The van der Waals surface area contributed by atoms with E-state index < -0.39 is 0 Å². The van der Waals surface area contributed by atoms with E-state index in [4.69, 9.17) is 23.2 Å². The van der Waals surface area contributed by atoms with Crippen LogP contribution < -0.4 is 0 Å². The van der Waals surface area contributed by atoms with Crippen molar-refractivity contribution in [2.24, 2.45) is 0 Å². The van der Waals surface area contributed by atoms with Crippen molar-refractivity contribution in [3.8, 4) is 0 Å². The molecule has 7 heteroatoms. The molecule has 0 aliphatic carbocycles. The fourth-order valence-corrected chi connectivity index (χ4v) is 4.16. The maximum absolute atomic E-state index is 12.6. The van der Waals surface area contributed by atoms with Gasteiger partial charge in [0.25, 0.3) is 0 Å². The first-order valence-electron chi connectivity index (χ1n) is 9.88. The lowest BCUT2D eigenvalue weighted by Crippen LogP contribution is -2.52. The van der Waals surface area contributed by atoms with Gasteiger partial charge >= 0.3 is 0 Å². The van der Waals surface area contributed by atoms with E-state index in [9.17, 15) is 9.59 Å². The van der Waals surface area contributed by atoms with Gasteiger partial charge in [0, 0.05) is 44.8 Å². The molecule has 2 amide bonds. The quantitative estimate of drug-likeness (QED) is 0.695. The third kappa shape index (κ3) is 5.28. The summed E-state index contributed by atoms with van der Waals surface area (Å²) < 4.78 is 0. The summed E-state index contributed by atoms with van der Waals surface area (Å²) in [5, 5.41) is 0.918. The average Bonchev–Trinajstić information content (AvgIpc) is 2.69. The Labute approximate surface area is 176 Å². The Morgan fingerprint density at radius 3 is 2.57 bits per heavy atom. The van der Waals surface area contributed by atoms with Crippen LogP contribution in [0.15, 0.2) is 24.3 Å². The Morgan fingerprint density at radius 1 is 1.11 bits per heavy atom. The largest absolute Gasteiger partial charge is 0.339 e. The van der Waals surface area contributed by atoms with Crippen molar-refractivity contribution >= 4 is 41.1 Å². The zero-order chi connectivity index (χ0) is 20.1.